The Labute approximate surface area is 150 Å². The van der Waals surface area contributed by atoms with Gasteiger partial charge < -0.3 is 14.4 Å². The third kappa shape index (κ3) is 2.20. The number of aromatic nitrogens is 5. The lowest BCUT2D eigenvalue weighted by Crippen LogP contribution is -2.30. The summed E-state index contributed by atoms with van der Waals surface area (Å²) in [5.74, 6) is 2.81. The Morgan fingerprint density at radius 1 is 1.00 bits per heavy atom. The van der Waals surface area contributed by atoms with Gasteiger partial charge in [-0.15, -0.1) is 0 Å². The van der Waals surface area contributed by atoms with Crippen molar-refractivity contribution in [2.75, 3.05) is 36.0 Å². The molecule has 3 aromatic rings. The van der Waals surface area contributed by atoms with Crippen LogP contribution in [0.5, 0.6) is 0 Å². The Morgan fingerprint density at radius 3 is 2.46 bits per heavy atom. The molecule has 2 fully saturated rings. The van der Waals surface area contributed by atoms with Crippen LogP contribution in [-0.2, 0) is 7.05 Å². The first-order valence-corrected chi connectivity index (χ1v) is 8.71. The van der Waals surface area contributed by atoms with E-state index >= 15 is 0 Å². The normalized spacial score (nSPS) is 22.0. The zero-order chi connectivity index (χ0) is 17.7. The summed E-state index contributed by atoms with van der Waals surface area (Å²) in [6.45, 7) is 3.73. The SMILES string of the molecule is Cn1cnc2c(N3CC4CN(c5ncccc5C#N)CC4C3)ncnc21. The lowest BCUT2D eigenvalue weighted by molar-refractivity contribution is 0.533. The summed E-state index contributed by atoms with van der Waals surface area (Å²) in [6.07, 6.45) is 5.16. The molecule has 8 heteroatoms. The van der Waals surface area contributed by atoms with Gasteiger partial charge in [-0.1, -0.05) is 0 Å². The second-order valence-corrected chi connectivity index (χ2v) is 7.04. The fourth-order valence-electron chi connectivity index (χ4n) is 4.24. The highest BCUT2D eigenvalue weighted by atomic mass is 15.3. The molecule has 130 valence electrons. The second-order valence-electron chi connectivity index (χ2n) is 7.04. The van der Waals surface area contributed by atoms with Crippen LogP contribution in [0, 0.1) is 23.2 Å². The molecule has 0 bridgehead atoms. The highest BCUT2D eigenvalue weighted by molar-refractivity contribution is 5.83. The highest BCUT2D eigenvalue weighted by Gasteiger charge is 2.41. The van der Waals surface area contributed by atoms with Crippen LogP contribution in [0.3, 0.4) is 0 Å². The van der Waals surface area contributed by atoms with E-state index in [-0.39, 0.29) is 0 Å². The Hall–Kier alpha value is -3.21. The van der Waals surface area contributed by atoms with E-state index in [4.69, 9.17) is 0 Å². The molecule has 2 unspecified atom stereocenters. The van der Waals surface area contributed by atoms with E-state index in [1.165, 1.54) is 0 Å². The quantitative estimate of drug-likeness (QED) is 0.689. The summed E-state index contributed by atoms with van der Waals surface area (Å²) in [5.41, 5.74) is 2.37. The van der Waals surface area contributed by atoms with Gasteiger partial charge in [0.2, 0.25) is 0 Å². The van der Waals surface area contributed by atoms with Crippen molar-refractivity contribution >= 4 is 22.8 Å². The molecular weight excluding hydrogens is 328 g/mol. The zero-order valence-electron chi connectivity index (χ0n) is 14.4. The van der Waals surface area contributed by atoms with Gasteiger partial charge in [0.1, 0.15) is 18.2 Å². The summed E-state index contributed by atoms with van der Waals surface area (Å²) in [7, 11) is 1.95. The average molecular weight is 346 g/mol. The number of nitrogens with zero attached hydrogens (tertiary/aromatic N) is 8. The van der Waals surface area contributed by atoms with Crippen molar-refractivity contribution in [3.63, 3.8) is 0 Å². The minimum absolute atomic E-state index is 0.539. The Bertz CT molecular complexity index is 1010. The molecule has 5 heterocycles. The fourth-order valence-corrected chi connectivity index (χ4v) is 4.24. The molecule has 2 aliphatic rings. The number of hydrogen-bond acceptors (Lipinski definition) is 7. The van der Waals surface area contributed by atoms with Crippen LogP contribution in [0.2, 0.25) is 0 Å². The van der Waals surface area contributed by atoms with Gasteiger partial charge in [-0.3, -0.25) is 0 Å². The summed E-state index contributed by atoms with van der Waals surface area (Å²) in [5, 5.41) is 9.33. The Balaban J connectivity index is 1.38. The third-order valence-corrected chi connectivity index (χ3v) is 5.47. The van der Waals surface area contributed by atoms with E-state index in [9.17, 15) is 5.26 Å². The monoisotopic (exact) mass is 346 g/mol. The number of nitriles is 1. The molecule has 2 atom stereocenters. The first-order chi connectivity index (χ1) is 12.7. The first kappa shape index (κ1) is 15.1. The van der Waals surface area contributed by atoms with Crippen LogP contribution in [0.15, 0.2) is 31.0 Å². The number of anilines is 2. The number of aryl methyl sites for hydroxylation is 1. The molecule has 0 spiro atoms. The summed E-state index contributed by atoms with van der Waals surface area (Å²) < 4.78 is 1.92. The molecular formula is C18H18N8. The molecule has 5 rings (SSSR count). The largest absolute Gasteiger partial charge is 0.355 e. The molecule has 0 radical (unpaired) electrons. The van der Waals surface area contributed by atoms with E-state index in [0.29, 0.717) is 17.4 Å². The van der Waals surface area contributed by atoms with Crippen molar-refractivity contribution in [1.82, 2.24) is 24.5 Å². The number of imidazole rings is 1. The van der Waals surface area contributed by atoms with E-state index < -0.39 is 0 Å². The molecule has 0 N–H and O–H groups in total. The smallest absolute Gasteiger partial charge is 0.165 e. The van der Waals surface area contributed by atoms with Crippen LogP contribution in [-0.4, -0.2) is 50.7 Å². The lowest BCUT2D eigenvalue weighted by atomic mass is 10.0. The first-order valence-electron chi connectivity index (χ1n) is 8.71. The Kier molecular flexibility index (Phi) is 3.28. The Morgan fingerprint density at radius 2 is 1.73 bits per heavy atom. The van der Waals surface area contributed by atoms with E-state index in [2.05, 4.69) is 35.8 Å². The van der Waals surface area contributed by atoms with Gasteiger partial charge in [0.25, 0.3) is 0 Å². The predicted octanol–water partition coefficient (Wildman–Crippen LogP) is 1.20. The summed E-state index contributed by atoms with van der Waals surface area (Å²) in [6, 6.07) is 5.90. The van der Waals surface area contributed by atoms with Crippen molar-refractivity contribution in [2.45, 2.75) is 0 Å². The third-order valence-electron chi connectivity index (χ3n) is 5.47. The summed E-state index contributed by atoms with van der Waals surface area (Å²) in [4.78, 5) is 22.3. The van der Waals surface area contributed by atoms with Gasteiger partial charge in [-0.05, 0) is 12.1 Å². The molecule has 2 saturated heterocycles. The number of pyridine rings is 1. The molecule has 0 aliphatic carbocycles. The van der Waals surface area contributed by atoms with Crippen LogP contribution < -0.4 is 9.80 Å². The van der Waals surface area contributed by atoms with Gasteiger partial charge in [-0.25, -0.2) is 19.9 Å². The maximum Gasteiger partial charge on any atom is 0.165 e. The number of hydrogen-bond donors (Lipinski definition) is 0. The van der Waals surface area contributed by atoms with Crippen LogP contribution in [0.25, 0.3) is 11.2 Å². The van der Waals surface area contributed by atoms with Gasteiger partial charge in [-0.2, -0.15) is 5.26 Å². The van der Waals surface area contributed by atoms with Crippen molar-refractivity contribution in [3.05, 3.63) is 36.5 Å². The summed E-state index contributed by atoms with van der Waals surface area (Å²) >= 11 is 0. The maximum absolute atomic E-state index is 9.33. The van der Waals surface area contributed by atoms with E-state index in [0.717, 1.165) is 49.0 Å². The predicted molar refractivity (Wildman–Crippen MR) is 96.7 cm³/mol. The van der Waals surface area contributed by atoms with Crippen molar-refractivity contribution < 1.29 is 0 Å². The van der Waals surface area contributed by atoms with Gasteiger partial charge in [0.15, 0.2) is 17.0 Å². The molecule has 2 aliphatic heterocycles. The number of fused-ring (bicyclic) bond motifs is 2. The van der Waals surface area contributed by atoms with Crippen molar-refractivity contribution in [3.8, 4) is 6.07 Å². The number of rotatable bonds is 2. The lowest BCUT2D eigenvalue weighted by Gasteiger charge is -2.23. The standard InChI is InChI=1S/C18H18N8/c1-24-11-23-15-17(24)21-10-22-18(15)26-8-13-6-25(7-14(13)9-26)16-12(5-19)3-2-4-20-16/h2-4,10-11,13-14H,6-9H2,1H3. The maximum atomic E-state index is 9.33. The van der Waals surface area contributed by atoms with E-state index in [1.54, 1.807) is 18.9 Å². The van der Waals surface area contributed by atoms with Crippen molar-refractivity contribution in [2.24, 2.45) is 18.9 Å². The molecule has 3 aromatic heterocycles. The van der Waals surface area contributed by atoms with Crippen LogP contribution in [0.1, 0.15) is 5.56 Å². The van der Waals surface area contributed by atoms with Crippen LogP contribution in [0.4, 0.5) is 11.6 Å². The van der Waals surface area contributed by atoms with Crippen molar-refractivity contribution in [1.29, 1.82) is 5.26 Å². The second kappa shape index (κ2) is 5.66. The molecule has 0 aromatic carbocycles. The van der Waals surface area contributed by atoms with E-state index in [1.807, 2.05) is 23.7 Å². The fraction of sp³-hybridized carbons (Fsp3) is 0.389. The minimum Gasteiger partial charge on any atom is -0.355 e. The molecule has 0 amide bonds. The highest BCUT2D eigenvalue weighted by Crippen LogP contribution is 2.37. The topological polar surface area (TPSA) is 86.8 Å². The molecule has 26 heavy (non-hydrogen) atoms. The minimum atomic E-state index is 0.539. The molecule has 8 nitrogen and oxygen atoms in total. The van der Waals surface area contributed by atoms with Gasteiger partial charge in [0, 0.05) is 51.3 Å². The molecule has 0 saturated carbocycles. The van der Waals surface area contributed by atoms with Gasteiger partial charge in [0.05, 0.1) is 11.9 Å². The van der Waals surface area contributed by atoms with Gasteiger partial charge >= 0.3 is 0 Å². The van der Waals surface area contributed by atoms with Crippen LogP contribution >= 0.6 is 0 Å². The zero-order valence-corrected chi connectivity index (χ0v) is 14.4. The average Bonchev–Trinajstić information content (AvgIpc) is 3.35.